The van der Waals surface area contributed by atoms with Gasteiger partial charge in [0.1, 0.15) is 16.9 Å². The van der Waals surface area contributed by atoms with Gasteiger partial charge in [-0.3, -0.25) is 9.59 Å². The van der Waals surface area contributed by atoms with Crippen LogP contribution in [0.3, 0.4) is 0 Å². The Hall–Kier alpha value is -3.96. The summed E-state index contributed by atoms with van der Waals surface area (Å²) >= 11 is 0. The third-order valence-electron chi connectivity index (χ3n) is 10.0. The zero-order valence-electron chi connectivity index (χ0n) is 27.8. The molecule has 11 heteroatoms. The smallest absolute Gasteiger partial charge is 0.254 e. The van der Waals surface area contributed by atoms with Crippen molar-refractivity contribution in [1.82, 2.24) is 29.3 Å². The van der Waals surface area contributed by atoms with E-state index in [9.17, 15) is 14.7 Å². The zero-order chi connectivity index (χ0) is 32.9. The predicted molar refractivity (Wildman–Crippen MR) is 179 cm³/mol. The predicted octanol–water partition coefficient (Wildman–Crippen LogP) is 4.69. The Morgan fingerprint density at radius 1 is 1.11 bits per heavy atom. The fraction of sp³-hybridized carbons (Fsp3) is 0.543. The molecule has 1 fully saturated rings. The number of pyridine rings is 1. The lowest BCUT2D eigenvalue weighted by Crippen LogP contribution is -2.56. The van der Waals surface area contributed by atoms with Crippen LogP contribution < -0.4 is 15.8 Å². The molecule has 0 aliphatic carbocycles. The van der Waals surface area contributed by atoms with Crippen molar-refractivity contribution in [3.63, 3.8) is 0 Å². The van der Waals surface area contributed by atoms with Crippen molar-refractivity contribution in [2.45, 2.75) is 97.0 Å². The second kappa shape index (κ2) is 12.3. The number of benzene rings is 1. The van der Waals surface area contributed by atoms with E-state index in [1.165, 1.54) is 0 Å². The van der Waals surface area contributed by atoms with Gasteiger partial charge in [0.15, 0.2) is 5.82 Å². The van der Waals surface area contributed by atoms with E-state index in [2.05, 4.69) is 22.0 Å². The molecule has 1 saturated heterocycles. The maximum Gasteiger partial charge on any atom is 0.254 e. The van der Waals surface area contributed by atoms with Gasteiger partial charge >= 0.3 is 0 Å². The summed E-state index contributed by atoms with van der Waals surface area (Å²) < 4.78 is 10.1. The van der Waals surface area contributed by atoms with E-state index in [-0.39, 0.29) is 29.9 Å². The van der Waals surface area contributed by atoms with Crippen LogP contribution in [-0.4, -0.2) is 72.8 Å². The van der Waals surface area contributed by atoms with E-state index in [0.29, 0.717) is 29.8 Å². The molecule has 0 unspecified atom stereocenters. The molecule has 0 spiro atoms. The molecule has 246 valence electrons. The Morgan fingerprint density at radius 3 is 2.63 bits per heavy atom. The molecule has 1 aromatic carbocycles. The molecule has 11 nitrogen and oxygen atoms in total. The minimum Gasteiger partial charge on any atom is -0.494 e. The third-order valence-corrected chi connectivity index (χ3v) is 10.0. The molecule has 2 bridgehead atoms. The summed E-state index contributed by atoms with van der Waals surface area (Å²) in [7, 11) is 3.56. The van der Waals surface area contributed by atoms with Crippen molar-refractivity contribution in [3.8, 4) is 17.3 Å². The number of nitrogens with zero attached hydrogens (tertiary/aromatic N) is 5. The molecule has 3 aromatic heterocycles. The Balaban J connectivity index is 1.43. The first-order chi connectivity index (χ1) is 21.9. The van der Waals surface area contributed by atoms with Crippen molar-refractivity contribution in [3.05, 3.63) is 41.6 Å². The first-order valence-corrected chi connectivity index (χ1v) is 16.5. The number of carbonyl (C=O) groups excluding carboxylic acids is 2. The molecular weight excluding hydrogens is 582 g/mol. The molecule has 4 aromatic rings. The molecule has 4 atom stereocenters. The van der Waals surface area contributed by atoms with E-state index in [1.807, 2.05) is 45.4 Å². The number of ether oxygens (including phenoxy) is 1. The van der Waals surface area contributed by atoms with Crippen LogP contribution in [0.5, 0.6) is 5.75 Å². The lowest BCUT2D eigenvalue weighted by molar-refractivity contribution is -0.130. The Morgan fingerprint density at radius 2 is 1.87 bits per heavy atom. The Kier molecular flexibility index (Phi) is 8.58. The van der Waals surface area contributed by atoms with Gasteiger partial charge in [-0.15, -0.1) is 0 Å². The molecule has 0 radical (unpaired) electrons. The molecule has 4 N–H and O–H groups in total. The van der Waals surface area contributed by atoms with E-state index in [4.69, 9.17) is 20.4 Å². The minimum absolute atomic E-state index is 0.0512. The van der Waals surface area contributed by atoms with E-state index in [1.54, 1.807) is 24.1 Å². The van der Waals surface area contributed by atoms with Crippen LogP contribution in [0.4, 0.5) is 0 Å². The highest BCUT2D eigenvalue weighted by Gasteiger charge is 2.35. The molecule has 5 heterocycles. The van der Waals surface area contributed by atoms with Gasteiger partial charge in [-0.1, -0.05) is 33.1 Å². The highest BCUT2D eigenvalue weighted by Crippen LogP contribution is 2.36. The van der Waals surface area contributed by atoms with E-state index in [0.717, 1.165) is 72.4 Å². The van der Waals surface area contributed by atoms with E-state index >= 15 is 0 Å². The molecule has 46 heavy (non-hydrogen) atoms. The van der Waals surface area contributed by atoms with Gasteiger partial charge in [0.2, 0.25) is 5.91 Å². The van der Waals surface area contributed by atoms with Crippen LogP contribution in [0.15, 0.2) is 30.3 Å². The van der Waals surface area contributed by atoms with Crippen LogP contribution in [0, 0.1) is 5.41 Å². The average Bonchev–Trinajstić information content (AvgIpc) is 3.55. The fourth-order valence-electron chi connectivity index (χ4n) is 7.03. The quantitative estimate of drug-likeness (QED) is 0.299. The summed E-state index contributed by atoms with van der Waals surface area (Å²) in [5.41, 5.74) is 10.2. The largest absolute Gasteiger partial charge is 0.494 e. The number of aryl methyl sites for hydroxylation is 2. The Bertz CT molecular complexity index is 1790. The van der Waals surface area contributed by atoms with Gasteiger partial charge < -0.3 is 34.9 Å². The number of aromatic nitrogens is 4. The third kappa shape index (κ3) is 5.75. The first kappa shape index (κ1) is 32.0. The topological polar surface area (TPSA) is 141 Å². The number of piperidine rings is 1. The van der Waals surface area contributed by atoms with Crippen LogP contribution in [0.2, 0.25) is 0 Å². The number of imidazole rings is 1. The summed E-state index contributed by atoms with van der Waals surface area (Å²) in [6.07, 6.45) is 4.70. The number of fused-ring (bicyclic) bond motifs is 2. The standard InChI is InChI=1S/C35H47N7O4/c1-20-25-12-11-22-16-27(41(31(22)38-25)14-10-8-7-9-13-35(3,4)34(45)37-20)32-39-26-15-23(17-29(46-6)30(26)40(32)5)33(44)42-19-24(36)18-28(43)21(42)2/h11-12,15-17,20-21,24,28,43H,7-10,13-14,18-19,36H2,1-6H3,(H,37,45)/t20-,21+,24-,28+/m1/s1. The van der Waals surface area contributed by atoms with Gasteiger partial charge in [0.25, 0.3) is 5.91 Å². The number of aliphatic hydroxyl groups is 1. The van der Waals surface area contributed by atoms with Crippen molar-refractivity contribution in [2.24, 2.45) is 18.2 Å². The molecule has 0 saturated carbocycles. The van der Waals surface area contributed by atoms with Crippen LogP contribution in [0.25, 0.3) is 33.6 Å². The lowest BCUT2D eigenvalue weighted by Gasteiger charge is -2.40. The van der Waals surface area contributed by atoms with Crippen LogP contribution in [0.1, 0.15) is 88.3 Å². The average molecular weight is 630 g/mol. The lowest BCUT2D eigenvalue weighted by atomic mass is 9.85. The van der Waals surface area contributed by atoms with Crippen molar-refractivity contribution in [1.29, 1.82) is 0 Å². The number of methoxy groups -OCH3 is 1. The normalized spacial score (nSPS) is 24.3. The molecule has 2 aliphatic rings. The van der Waals surface area contributed by atoms with Gasteiger partial charge in [0, 0.05) is 42.5 Å². The SMILES string of the molecule is COc1cc(C(=O)N2C[C@H](N)C[C@H](O)[C@@H]2C)cc2nc(-c3cc4ccc5nc4n3CCCCCCC(C)(C)C(=O)N[C@@H]5C)n(C)c12. The van der Waals surface area contributed by atoms with Gasteiger partial charge in [-0.2, -0.15) is 0 Å². The minimum atomic E-state index is -0.676. The summed E-state index contributed by atoms with van der Waals surface area (Å²) in [5.74, 6) is 1.13. The van der Waals surface area contributed by atoms with Crippen molar-refractivity contribution >= 4 is 33.9 Å². The first-order valence-electron chi connectivity index (χ1n) is 16.5. The summed E-state index contributed by atoms with van der Waals surface area (Å²) in [4.78, 5) is 38.7. The maximum atomic E-state index is 13.7. The summed E-state index contributed by atoms with van der Waals surface area (Å²) in [6.45, 7) is 9.03. The van der Waals surface area contributed by atoms with Crippen molar-refractivity contribution in [2.75, 3.05) is 13.7 Å². The molecule has 6 rings (SSSR count). The van der Waals surface area contributed by atoms with Crippen LogP contribution >= 0.6 is 0 Å². The number of nitrogens with two attached hydrogens (primary N) is 1. The summed E-state index contributed by atoms with van der Waals surface area (Å²) in [5, 5.41) is 14.7. The number of hydrogen-bond acceptors (Lipinski definition) is 7. The maximum absolute atomic E-state index is 13.7. The number of amides is 2. The summed E-state index contributed by atoms with van der Waals surface area (Å²) in [6, 6.07) is 8.85. The van der Waals surface area contributed by atoms with Crippen LogP contribution in [-0.2, 0) is 18.4 Å². The fourth-order valence-corrected chi connectivity index (χ4v) is 7.03. The second-order valence-electron chi connectivity index (χ2n) is 13.9. The monoisotopic (exact) mass is 629 g/mol. The molecule has 2 amide bonds. The molecule has 2 aliphatic heterocycles. The number of likely N-dealkylation sites (tertiary alicyclic amines) is 1. The number of aliphatic hydroxyl groups excluding tert-OH is 1. The molecular formula is C35H47N7O4. The number of hydrogen-bond donors (Lipinski definition) is 3. The highest BCUT2D eigenvalue weighted by molar-refractivity contribution is 6.00. The number of nitrogens with one attached hydrogen (secondary N) is 1. The number of carbonyl (C=O) groups is 2. The van der Waals surface area contributed by atoms with Crippen molar-refractivity contribution < 1.29 is 19.4 Å². The van der Waals surface area contributed by atoms with Gasteiger partial charge in [0.05, 0.1) is 42.2 Å². The number of rotatable bonds is 3. The van der Waals surface area contributed by atoms with E-state index < -0.39 is 11.5 Å². The second-order valence-corrected chi connectivity index (χ2v) is 13.9. The Labute approximate surface area is 270 Å². The van der Waals surface area contributed by atoms with Gasteiger partial charge in [-0.05, 0) is 63.4 Å². The van der Waals surface area contributed by atoms with Gasteiger partial charge in [-0.25, -0.2) is 9.97 Å². The zero-order valence-corrected chi connectivity index (χ0v) is 27.8. The highest BCUT2D eigenvalue weighted by atomic mass is 16.5.